The first-order chi connectivity index (χ1) is 9.12. The topological polar surface area (TPSA) is 51.8 Å². The van der Waals surface area contributed by atoms with E-state index in [-0.39, 0.29) is 6.61 Å². The Morgan fingerprint density at radius 1 is 1.40 bits per heavy atom. The minimum atomic E-state index is -1.63. The second-order valence-corrected chi connectivity index (χ2v) is 11.3. The fraction of sp³-hybridized carbons (Fsp3) is 0.600. The molecule has 1 aromatic rings. The molecule has 1 N–H and O–H groups in total. The van der Waals surface area contributed by atoms with Crippen molar-refractivity contribution in [3.05, 3.63) is 24.2 Å². The van der Waals surface area contributed by atoms with Crippen molar-refractivity contribution in [2.45, 2.75) is 51.0 Å². The van der Waals surface area contributed by atoms with Crippen LogP contribution in [0.4, 0.5) is 0 Å². The van der Waals surface area contributed by atoms with Gasteiger partial charge in [-0.3, -0.25) is 0 Å². The fourth-order valence-corrected chi connectivity index (χ4v) is 2.54. The highest BCUT2D eigenvalue weighted by molar-refractivity contribution is 6.83. The molecule has 0 radical (unpaired) electrons. The first kappa shape index (κ1) is 15.3. The molecule has 1 saturated heterocycles. The Hall–Kier alpha value is -1.06. The summed E-state index contributed by atoms with van der Waals surface area (Å²) in [6.07, 6.45) is 0.963. The van der Waals surface area contributed by atoms with E-state index in [4.69, 9.17) is 13.9 Å². The van der Waals surface area contributed by atoms with E-state index in [9.17, 15) is 5.11 Å². The van der Waals surface area contributed by atoms with E-state index in [0.29, 0.717) is 5.76 Å². The molecular weight excluding hydrogens is 272 g/mol. The van der Waals surface area contributed by atoms with Crippen LogP contribution >= 0.6 is 0 Å². The Labute approximate surface area is 121 Å². The smallest absolute Gasteiger partial charge is 0.212 e. The molecule has 1 aromatic heterocycles. The molecule has 0 aromatic carbocycles. The fourth-order valence-electron chi connectivity index (χ4n) is 1.97. The highest BCUT2D eigenvalue weighted by Gasteiger charge is 2.48. The van der Waals surface area contributed by atoms with Gasteiger partial charge in [-0.15, -0.1) is 5.54 Å². The van der Waals surface area contributed by atoms with Gasteiger partial charge in [-0.1, -0.05) is 25.6 Å². The Morgan fingerprint density at radius 3 is 2.55 bits per heavy atom. The van der Waals surface area contributed by atoms with Crippen molar-refractivity contribution in [3.63, 3.8) is 0 Å². The van der Waals surface area contributed by atoms with Gasteiger partial charge >= 0.3 is 0 Å². The molecule has 1 fully saturated rings. The van der Waals surface area contributed by atoms with E-state index in [0.717, 1.165) is 0 Å². The Kier molecular flexibility index (Phi) is 3.87. The van der Waals surface area contributed by atoms with Gasteiger partial charge in [0.25, 0.3) is 0 Å². The Balaban J connectivity index is 2.37. The second kappa shape index (κ2) is 5.04. The van der Waals surface area contributed by atoms with Crippen LogP contribution in [0.25, 0.3) is 0 Å². The molecule has 0 aliphatic carbocycles. The predicted molar refractivity (Wildman–Crippen MR) is 78.6 cm³/mol. The molecule has 110 valence electrons. The van der Waals surface area contributed by atoms with Gasteiger partial charge in [-0.2, -0.15) is 0 Å². The van der Waals surface area contributed by atoms with Crippen LogP contribution in [0.15, 0.2) is 22.8 Å². The van der Waals surface area contributed by atoms with Gasteiger partial charge in [-0.25, -0.2) is 0 Å². The number of rotatable bonds is 2. The third-order valence-corrected chi connectivity index (χ3v) is 3.87. The average Bonchev–Trinajstić information content (AvgIpc) is 2.94. The maximum absolute atomic E-state index is 11.0. The zero-order valence-electron chi connectivity index (χ0n) is 12.7. The summed E-state index contributed by atoms with van der Waals surface area (Å²) < 4.78 is 16.7. The molecule has 4 nitrogen and oxygen atoms in total. The van der Waals surface area contributed by atoms with E-state index < -0.39 is 25.6 Å². The third-order valence-electron chi connectivity index (χ3n) is 3.00. The molecule has 5 heteroatoms. The Bertz CT molecular complexity index is 518. The number of hydrogen-bond donors (Lipinski definition) is 1. The molecule has 2 heterocycles. The van der Waals surface area contributed by atoms with Gasteiger partial charge < -0.3 is 19.0 Å². The lowest BCUT2D eigenvalue weighted by molar-refractivity contribution is -0.163. The lowest BCUT2D eigenvalue weighted by Gasteiger charge is -2.27. The molecule has 1 aliphatic rings. The van der Waals surface area contributed by atoms with Crippen LogP contribution in [0, 0.1) is 11.5 Å². The summed E-state index contributed by atoms with van der Waals surface area (Å²) in [6, 6.07) is 3.45. The van der Waals surface area contributed by atoms with Gasteiger partial charge in [0.15, 0.2) is 11.5 Å². The van der Waals surface area contributed by atoms with E-state index in [1.807, 2.05) is 13.8 Å². The molecule has 0 amide bonds. The van der Waals surface area contributed by atoms with Crippen molar-refractivity contribution in [1.82, 2.24) is 0 Å². The van der Waals surface area contributed by atoms with Crippen molar-refractivity contribution in [1.29, 1.82) is 0 Å². The zero-order valence-corrected chi connectivity index (χ0v) is 13.7. The summed E-state index contributed by atoms with van der Waals surface area (Å²) in [5, 5.41) is 11.0. The largest absolute Gasteiger partial charge is 0.465 e. The van der Waals surface area contributed by atoms with Crippen LogP contribution < -0.4 is 0 Å². The van der Waals surface area contributed by atoms with Crippen molar-refractivity contribution in [2.75, 3.05) is 6.61 Å². The third kappa shape index (κ3) is 3.33. The number of aliphatic hydroxyl groups is 1. The molecule has 0 bridgehead atoms. The summed E-state index contributed by atoms with van der Waals surface area (Å²) in [4.78, 5) is 0. The minimum absolute atomic E-state index is 0.282. The summed E-state index contributed by atoms with van der Waals surface area (Å²) in [5.41, 5.74) is 1.72. The summed E-state index contributed by atoms with van der Waals surface area (Å²) in [5.74, 6) is 2.67. The van der Waals surface area contributed by atoms with Crippen LogP contribution in [0.2, 0.25) is 19.6 Å². The number of hydrogen-bond acceptors (Lipinski definition) is 4. The van der Waals surface area contributed by atoms with Gasteiger partial charge in [0.2, 0.25) is 5.60 Å². The number of ether oxygens (including phenoxy) is 2. The highest BCUT2D eigenvalue weighted by atomic mass is 28.3. The molecule has 1 aliphatic heterocycles. The van der Waals surface area contributed by atoms with Crippen molar-refractivity contribution < 1.29 is 19.0 Å². The number of furan rings is 1. The monoisotopic (exact) mass is 294 g/mol. The summed E-state index contributed by atoms with van der Waals surface area (Å²) in [7, 11) is -1.63. The lowest BCUT2D eigenvalue weighted by Crippen LogP contribution is -2.41. The first-order valence-electron chi connectivity index (χ1n) is 6.75. The van der Waals surface area contributed by atoms with Crippen LogP contribution in [0.1, 0.15) is 19.6 Å². The van der Waals surface area contributed by atoms with Crippen molar-refractivity contribution in [3.8, 4) is 11.5 Å². The molecule has 0 saturated carbocycles. The quantitative estimate of drug-likeness (QED) is 0.672. The van der Waals surface area contributed by atoms with Gasteiger partial charge in [0.1, 0.15) is 14.2 Å². The first-order valence-corrected chi connectivity index (χ1v) is 10.2. The molecule has 20 heavy (non-hydrogen) atoms. The molecule has 0 unspecified atom stereocenters. The summed E-state index contributed by atoms with van der Waals surface area (Å²) in [6.45, 7) is 10.3. The van der Waals surface area contributed by atoms with Gasteiger partial charge in [0.05, 0.1) is 12.9 Å². The SMILES string of the molecule is CC1(C)OC[C@H]([C@@](O)(C#C[Si](C)(C)C)c2ccco2)O1. The molecule has 2 rings (SSSR count). The van der Waals surface area contributed by atoms with E-state index in [1.54, 1.807) is 12.1 Å². The van der Waals surface area contributed by atoms with Gasteiger partial charge in [0, 0.05) is 0 Å². The predicted octanol–water partition coefficient (Wildman–Crippen LogP) is 2.50. The average molecular weight is 294 g/mol. The van der Waals surface area contributed by atoms with E-state index >= 15 is 0 Å². The molecule has 2 atom stereocenters. The molecule has 0 spiro atoms. The zero-order chi connectivity index (χ0) is 15.0. The second-order valence-electron chi connectivity index (χ2n) is 6.56. The van der Waals surface area contributed by atoms with Gasteiger partial charge in [-0.05, 0) is 26.0 Å². The summed E-state index contributed by atoms with van der Waals surface area (Å²) >= 11 is 0. The van der Waals surface area contributed by atoms with E-state index in [1.165, 1.54) is 6.26 Å². The highest BCUT2D eigenvalue weighted by Crippen LogP contribution is 2.35. The van der Waals surface area contributed by atoms with Crippen molar-refractivity contribution >= 4 is 8.07 Å². The maximum atomic E-state index is 11.0. The minimum Gasteiger partial charge on any atom is -0.465 e. The van der Waals surface area contributed by atoms with Crippen LogP contribution in [-0.2, 0) is 15.1 Å². The van der Waals surface area contributed by atoms with Crippen LogP contribution in [-0.4, -0.2) is 31.7 Å². The van der Waals surface area contributed by atoms with E-state index in [2.05, 4.69) is 31.1 Å². The molecular formula is C15H22O4Si. The van der Waals surface area contributed by atoms with Crippen LogP contribution in [0.3, 0.4) is 0 Å². The Morgan fingerprint density at radius 2 is 2.10 bits per heavy atom. The van der Waals surface area contributed by atoms with Crippen molar-refractivity contribution in [2.24, 2.45) is 0 Å². The standard InChI is InChI=1S/C15H22O4Si/c1-14(2)18-11-13(19-14)15(16,8-10-20(3,4)5)12-7-6-9-17-12/h6-7,9,13,16H,11H2,1-5H3/t13-,15-/m1/s1. The normalized spacial score (nSPS) is 24.8. The lowest BCUT2D eigenvalue weighted by atomic mass is 9.95. The van der Waals surface area contributed by atoms with Crippen LogP contribution in [0.5, 0.6) is 0 Å². The maximum Gasteiger partial charge on any atom is 0.212 e.